The number of benzene rings is 2. The highest BCUT2D eigenvalue weighted by Crippen LogP contribution is 2.17. The molecule has 0 saturated carbocycles. The Bertz CT molecular complexity index is 3960. The number of hydrogen-bond acceptors (Lipinski definition) is 26. The molecule has 0 unspecified atom stereocenters. The van der Waals surface area contributed by atoms with E-state index in [-0.39, 0.29) is 55.0 Å². The highest BCUT2D eigenvalue weighted by atomic mass is 32.2. The summed E-state index contributed by atoms with van der Waals surface area (Å²) in [4.78, 5) is 270. The number of phenolic OH excluding ortho intramolecular Hbond substituents is 1. The SMILES string of the molecule is CSCC[C@H](NC(=O)[C@H](CCC(N)=O)NC(=O)[C@@H](NC(=O)[C@H](Cc1ccccc1)NC(=O)[C@H](CCC(=O)O)NC(=O)[C@H](CCC(=O)O)NC(=O)[C@H](Cc1ccc(O)cc1)NC(=O)[C@H](CC(N)=O)NC(=O)[C@@H](NC(=O)[C@H](CCC(N)=O)NC(=O)CN)C(C)C)C(C)C)C(=O)N[C@@H](CCSC)C(=O)N[C@H](C(=O)N[C@@H](C)C(=O)N[C@@H](CCCCN)C(=O)O)[C@@H](C)O. The van der Waals surface area contributed by atoms with Crippen molar-refractivity contribution in [3.8, 4) is 5.75 Å². The molecule has 0 spiro atoms. The normalized spacial score (nSPS) is 14.7. The molecule has 2 aromatic carbocycles. The zero-order valence-corrected chi connectivity index (χ0v) is 71.4. The number of aromatic hydroxyl groups is 1. The minimum Gasteiger partial charge on any atom is -0.508 e. The van der Waals surface area contributed by atoms with Crippen molar-refractivity contribution in [1.29, 1.82) is 0 Å². The Labute approximate surface area is 718 Å². The topological polar surface area (TPSA) is 741 Å². The predicted molar refractivity (Wildman–Crippen MR) is 446 cm³/mol. The van der Waals surface area contributed by atoms with Crippen LogP contribution >= 0.6 is 23.5 Å². The number of rotatable bonds is 60. The van der Waals surface area contributed by atoms with Gasteiger partial charge in [0.25, 0.3) is 0 Å². The molecule has 0 heterocycles. The number of aliphatic hydroxyl groups is 1. The van der Waals surface area contributed by atoms with Crippen molar-refractivity contribution in [3.05, 3.63) is 65.7 Å². The Morgan fingerprint density at radius 3 is 1.06 bits per heavy atom. The van der Waals surface area contributed by atoms with Crippen molar-refractivity contribution < 1.29 is 121 Å². The van der Waals surface area contributed by atoms with Gasteiger partial charge in [0.05, 0.1) is 19.1 Å². The van der Waals surface area contributed by atoms with Gasteiger partial charge in [-0.3, -0.25) is 91.1 Å². The maximum absolute atomic E-state index is 14.9. The Morgan fingerprint density at radius 1 is 0.350 bits per heavy atom. The Kier molecular flexibility index (Phi) is 48.9. The largest absolute Gasteiger partial charge is 0.508 e. The highest BCUT2D eigenvalue weighted by molar-refractivity contribution is 7.98. The quantitative estimate of drug-likeness (QED) is 0.0274. The predicted octanol–water partition coefficient (Wildman–Crippen LogP) is -6.51. The zero-order chi connectivity index (χ0) is 92.9. The second-order valence-corrected chi connectivity index (χ2v) is 31.6. The van der Waals surface area contributed by atoms with Crippen LogP contribution in [0, 0.1) is 11.8 Å². The molecule has 0 bridgehead atoms. The van der Waals surface area contributed by atoms with Gasteiger partial charge >= 0.3 is 17.9 Å². The van der Waals surface area contributed by atoms with E-state index in [1.54, 1.807) is 42.8 Å². The van der Waals surface area contributed by atoms with E-state index < -0.39 is 292 Å². The number of carbonyl (C=O) groups excluding carboxylic acids is 17. The van der Waals surface area contributed by atoms with Crippen LogP contribution in [0.3, 0.4) is 0 Å². The number of carbonyl (C=O) groups is 20. The van der Waals surface area contributed by atoms with Gasteiger partial charge in [-0.25, -0.2) is 4.79 Å². The van der Waals surface area contributed by atoms with Gasteiger partial charge in [-0.1, -0.05) is 70.2 Å². The molecule has 684 valence electrons. The molecule has 123 heavy (non-hydrogen) atoms. The first-order valence-corrected chi connectivity index (χ1v) is 42.3. The molecule has 0 saturated heterocycles. The monoisotopic (exact) mass is 1770 g/mol. The van der Waals surface area contributed by atoms with Gasteiger partial charge in [0.1, 0.15) is 90.3 Å². The van der Waals surface area contributed by atoms with Crippen molar-refractivity contribution in [1.82, 2.24) is 74.4 Å². The molecule has 46 heteroatoms. The number of aliphatic hydroxyl groups excluding tert-OH is 1. The summed E-state index contributed by atoms with van der Waals surface area (Å²) >= 11 is 2.51. The van der Waals surface area contributed by atoms with Gasteiger partial charge in [-0.2, -0.15) is 23.5 Å². The minimum absolute atomic E-state index is 0.0311. The summed E-state index contributed by atoms with van der Waals surface area (Å²) < 4.78 is 0. The first-order valence-electron chi connectivity index (χ1n) is 39.5. The van der Waals surface area contributed by atoms with Crippen LogP contribution in [0.5, 0.6) is 5.75 Å². The molecule has 44 nitrogen and oxygen atoms in total. The van der Waals surface area contributed by atoms with Crippen LogP contribution in [0.2, 0.25) is 0 Å². The van der Waals surface area contributed by atoms with E-state index in [1.165, 1.54) is 82.4 Å². The van der Waals surface area contributed by atoms with E-state index in [4.69, 9.17) is 28.7 Å². The van der Waals surface area contributed by atoms with Crippen molar-refractivity contribution in [3.63, 3.8) is 0 Å². The molecule has 0 aliphatic rings. The fourth-order valence-electron chi connectivity index (χ4n) is 11.8. The summed E-state index contributed by atoms with van der Waals surface area (Å²) in [5.74, 6) is -24.2. The number of nitrogens with one attached hydrogen (secondary N) is 14. The fourth-order valence-corrected chi connectivity index (χ4v) is 12.7. The summed E-state index contributed by atoms with van der Waals surface area (Å²) in [7, 11) is 0. The van der Waals surface area contributed by atoms with Crippen molar-refractivity contribution in [2.75, 3.05) is 37.1 Å². The average Bonchev–Trinajstić information content (AvgIpc) is 0.815. The van der Waals surface area contributed by atoms with Crippen molar-refractivity contribution >= 4 is 142 Å². The lowest BCUT2D eigenvalue weighted by Crippen LogP contribution is -2.62. The van der Waals surface area contributed by atoms with Crippen molar-refractivity contribution in [2.24, 2.45) is 40.5 Å². The molecule has 0 aliphatic heterocycles. The van der Waals surface area contributed by atoms with E-state index in [9.17, 15) is 121 Å². The van der Waals surface area contributed by atoms with Crippen LogP contribution < -0.4 is 103 Å². The number of phenols is 1. The van der Waals surface area contributed by atoms with Gasteiger partial charge in [-0.15, -0.1) is 0 Å². The smallest absolute Gasteiger partial charge is 0.326 e. The van der Waals surface area contributed by atoms with Gasteiger partial charge in [0, 0.05) is 38.5 Å². The second kappa shape index (κ2) is 56.0. The lowest BCUT2D eigenvalue weighted by atomic mass is 9.99. The van der Waals surface area contributed by atoms with Gasteiger partial charge in [0.15, 0.2) is 0 Å². The molecule has 2 rings (SSSR count). The standard InChI is InChI=1S/C77H119N19O25S2/c1-38(2)61(74(117)89-46(22-26-56(81)100)65(108)87-49(29-32-122-7)68(111)88-50(30-33-123-8)70(113)96-63(41(6)97)76(119)83-40(5)64(107)90-51(77(120)121)16-12-13-31-78)95-73(116)53(34-42-14-10-9-11-15-42)91-67(110)48(24-28-60(105)106)85-66(109)47(23-27-59(103)104)86-71(114)52(35-43-17-19-44(98)20-18-43)92-72(115)54(36-57(82)101)93-75(118)62(39(3)4)94-69(112)45(21-25-55(80)99)84-58(102)37-79/h9-11,14-15,17-20,38-41,45-54,61-63,97-98H,12-13,16,21-37,78-79H2,1-8H3,(H2,80,99)(H2,81,100)(H2,82,101)(H,83,119)(H,84,102)(H,85,109)(H,86,114)(H,87,108)(H,88,111)(H,89,117)(H,90,107)(H,91,110)(H,92,115)(H,93,118)(H,94,112)(H,95,116)(H,96,113)(H,103,104)(H,105,106)(H,120,121)/t40-,41+,45-,46-,47-,48-,49-,50-,51-,52-,53-,54-,61-,62-,63-/m0/s1. The number of primary amides is 3. The third kappa shape index (κ3) is 41.1. The number of nitrogens with two attached hydrogens (primary N) is 5. The van der Waals surface area contributed by atoms with Crippen LogP contribution in [-0.4, -0.2) is 272 Å². The van der Waals surface area contributed by atoms with E-state index in [0.29, 0.717) is 18.4 Å². The fraction of sp³-hybridized carbons (Fsp3) is 0.584. The number of thioether (sulfide) groups is 2. The van der Waals surface area contributed by atoms with Crippen molar-refractivity contribution in [2.45, 2.75) is 235 Å². The third-order valence-corrected chi connectivity index (χ3v) is 20.0. The number of hydrogen-bond donors (Lipinski definition) is 24. The van der Waals surface area contributed by atoms with Crippen LogP contribution in [0.25, 0.3) is 0 Å². The first-order chi connectivity index (χ1) is 57.9. The Morgan fingerprint density at radius 2 is 0.683 bits per heavy atom. The second-order valence-electron chi connectivity index (χ2n) is 29.6. The first kappa shape index (κ1) is 107. The molecule has 0 aliphatic carbocycles. The van der Waals surface area contributed by atoms with Crippen LogP contribution in [-0.2, 0) is 109 Å². The maximum Gasteiger partial charge on any atom is 0.326 e. The zero-order valence-electron chi connectivity index (χ0n) is 69.8. The number of carboxylic acid groups (broad SMARTS) is 3. The number of unbranched alkanes of at least 4 members (excludes halogenated alkanes) is 1. The Hall–Kier alpha value is -11.8. The minimum atomic E-state index is -1.99. The summed E-state index contributed by atoms with van der Waals surface area (Å²) in [6, 6.07) is -10.4. The van der Waals surface area contributed by atoms with E-state index >= 15 is 0 Å². The van der Waals surface area contributed by atoms with E-state index in [0.717, 1.165) is 6.92 Å². The lowest BCUT2D eigenvalue weighted by Gasteiger charge is -2.29. The molecule has 0 aromatic heterocycles. The summed E-state index contributed by atoms with van der Waals surface area (Å²) in [6.07, 6.45) is -4.55. The summed E-state index contributed by atoms with van der Waals surface area (Å²) in [5, 5.41) is 84.1. The Balaban J connectivity index is 2.64. The number of aliphatic carboxylic acids is 3. The van der Waals surface area contributed by atoms with Crippen LogP contribution in [0.1, 0.15) is 143 Å². The van der Waals surface area contributed by atoms with E-state index in [2.05, 4.69) is 74.4 Å². The lowest BCUT2D eigenvalue weighted by molar-refractivity contribution is -0.142. The molecular weight excluding hydrogens is 1660 g/mol. The summed E-state index contributed by atoms with van der Waals surface area (Å²) in [6.45, 7) is 7.98. The molecule has 0 fully saturated rings. The molecule has 2 aromatic rings. The van der Waals surface area contributed by atoms with Gasteiger partial charge in [-0.05, 0) is 137 Å². The molecule has 0 radical (unpaired) electrons. The molecule has 29 N–H and O–H groups in total. The highest BCUT2D eigenvalue weighted by Gasteiger charge is 2.40. The third-order valence-electron chi connectivity index (χ3n) is 18.7. The molecule has 15 atom stereocenters. The maximum atomic E-state index is 14.9. The van der Waals surface area contributed by atoms with Gasteiger partial charge in [0.2, 0.25) is 100 Å². The van der Waals surface area contributed by atoms with E-state index in [1.807, 2.05) is 0 Å². The van der Waals surface area contributed by atoms with Gasteiger partial charge < -0.3 is 129 Å². The summed E-state index contributed by atoms with van der Waals surface area (Å²) in [5.41, 5.74) is 27.8. The number of carboxylic acids is 3. The van der Waals surface area contributed by atoms with Crippen LogP contribution in [0.4, 0.5) is 0 Å². The van der Waals surface area contributed by atoms with Crippen LogP contribution in [0.15, 0.2) is 54.6 Å². The number of amides is 17. The molecule has 17 amide bonds. The molecular formula is C77H119N19O25S2. The average molecular weight is 1780 g/mol.